The summed E-state index contributed by atoms with van der Waals surface area (Å²) in [6.07, 6.45) is 15.4. The van der Waals surface area contributed by atoms with Crippen LogP contribution in [0.2, 0.25) is 0 Å². The lowest BCUT2D eigenvalue weighted by Crippen LogP contribution is -2.26. The molecule has 66 heavy (non-hydrogen) atoms. The number of unbranched alkanes of at least 4 members (excludes halogenated alkanes) is 10. The fraction of sp³-hybridized carbons (Fsp3) is 0.442. The monoisotopic (exact) mass is 928 g/mol. The van der Waals surface area contributed by atoms with Gasteiger partial charge in [0.25, 0.3) is 5.91 Å². The van der Waals surface area contributed by atoms with Crippen LogP contribution in [-0.4, -0.2) is 88.7 Å². The fourth-order valence-electron chi connectivity index (χ4n) is 9.19. The second kappa shape index (κ2) is 25.7. The second-order valence-electron chi connectivity index (χ2n) is 17.1. The van der Waals surface area contributed by atoms with Gasteiger partial charge in [-0.05, 0) is 48.9 Å². The molecule has 1 atom stereocenters. The van der Waals surface area contributed by atoms with Crippen molar-refractivity contribution in [2.24, 2.45) is 0 Å². The Balaban J connectivity index is 0.000000196. The van der Waals surface area contributed by atoms with Gasteiger partial charge < -0.3 is 19.3 Å². The number of carbonyl (C=O) groups is 1. The summed E-state index contributed by atoms with van der Waals surface area (Å²) in [6, 6.07) is 33.8. The molecule has 0 aliphatic carbocycles. The maximum absolute atomic E-state index is 12.7. The lowest BCUT2D eigenvalue weighted by atomic mass is 9.95. The van der Waals surface area contributed by atoms with Crippen molar-refractivity contribution in [3.05, 3.63) is 108 Å². The fourth-order valence-corrected chi connectivity index (χ4v) is 9.63. The molecular weight excluding hydrogens is 863 g/mol. The number of nitrogens with zero attached hydrogens (tertiary/aromatic N) is 8. The Hall–Kier alpha value is -5.12. The van der Waals surface area contributed by atoms with Crippen LogP contribution >= 0.6 is 17.7 Å². The lowest BCUT2D eigenvalue weighted by Gasteiger charge is -2.30. The molecule has 0 fully saturated rings. The van der Waals surface area contributed by atoms with Crippen LogP contribution in [0, 0.1) is 0 Å². The molecule has 4 aromatic carbocycles. The molecule has 8 rings (SSSR count). The summed E-state index contributed by atoms with van der Waals surface area (Å²) < 4.78 is 24.8. The number of carbonyl (C=O) groups excluding carboxylic acids is 1. The molecule has 4 heterocycles. The molecule has 2 aromatic heterocycles. The van der Waals surface area contributed by atoms with Crippen molar-refractivity contribution in [1.29, 1.82) is 0 Å². The van der Waals surface area contributed by atoms with Crippen LogP contribution in [0.1, 0.15) is 93.0 Å². The summed E-state index contributed by atoms with van der Waals surface area (Å²) in [5.74, 6) is -0.0818. The number of aromatic nitrogens is 6. The van der Waals surface area contributed by atoms with Gasteiger partial charge in [0.1, 0.15) is 17.1 Å². The first-order valence-electron chi connectivity index (χ1n) is 23.8. The first-order chi connectivity index (χ1) is 32.6. The maximum Gasteiger partial charge on any atom is 0.252 e. The summed E-state index contributed by atoms with van der Waals surface area (Å²) in [6.45, 7) is 5.96. The van der Waals surface area contributed by atoms with Gasteiger partial charge in [-0.2, -0.15) is 4.68 Å². The lowest BCUT2D eigenvalue weighted by molar-refractivity contribution is 0.0926. The summed E-state index contributed by atoms with van der Waals surface area (Å²) in [5.41, 5.74) is 12.7. The zero-order valence-electron chi connectivity index (χ0n) is 38.8. The summed E-state index contributed by atoms with van der Waals surface area (Å²) in [7, 11) is 6.17. The summed E-state index contributed by atoms with van der Waals surface area (Å²) in [4.78, 5) is 17.7. The van der Waals surface area contributed by atoms with Crippen LogP contribution in [0.25, 0.3) is 45.0 Å². The van der Waals surface area contributed by atoms with Gasteiger partial charge in [0.2, 0.25) is 0 Å². The van der Waals surface area contributed by atoms with Gasteiger partial charge in [0, 0.05) is 99.6 Å². The molecule has 0 saturated carbocycles. The number of methoxy groups -OCH3 is 2. The SMILES string of the molecule is COCCCCCCCCN1Cc2ccccc2-c2c(nnn2CCP=O)-c2ccccc21.COCCCCCCCCN1Cc2ccccc2-c2nnn(C(=O)CP)c2-c2ccccc21. The molecule has 0 amide bonds. The van der Waals surface area contributed by atoms with Crippen molar-refractivity contribution in [3.63, 3.8) is 0 Å². The molecule has 0 N–H and O–H groups in total. The van der Waals surface area contributed by atoms with Crippen molar-refractivity contribution in [2.75, 3.05) is 62.6 Å². The van der Waals surface area contributed by atoms with Gasteiger partial charge in [-0.3, -0.25) is 9.36 Å². The van der Waals surface area contributed by atoms with Crippen LogP contribution in [0.5, 0.6) is 0 Å². The van der Waals surface area contributed by atoms with E-state index < -0.39 is 0 Å². The smallest absolute Gasteiger partial charge is 0.252 e. The molecule has 2 aliphatic rings. The van der Waals surface area contributed by atoms with Crippen molar-refractivity contribution in [1.82, 2.24) is 30.0 Å². The van der Waals surface area contributed by atoms with E-state index in [1.165, 1.54) is 79.3 Å². The molecule has 0 radical (unpaired) electrons. The average Bonchev–Trinajstić information content (AvgIpc) is 3.98. The van der Waals surface area contributed by atoms with Crippen LogP contribution in [0.4, 0.5) is 11.4 Å². The third kappa shape index (κ3) is 12.3. The molecule has 14 heteroatoms. The van der Waals surface area contributed by atoms with E-state index in [9.17, 15) is 9.36 Å². The molecule has 2 aliphatic heterocycles. The Bertz CT molecular complexity index is 2470. The number of ether oxygens (including phenoxy) is 2. The molecule has 6 aromatic rings. The maximum atomic E-state index is 12.7. The molecule has 0 spiro atoms. The summed E-state index contributed by atoms with van der Waals surface area (Å²) >= 11 is 0. The highest BCUT2D eigenvalue weighted by Crippen LogP contribution is 2.43. The molecule has 12 nitrogen and oxygen atoms in total. The predicted octanol–water partition coefficient (Wildman–Crippen LogP) is 11.6. The number of hydrogen-bond donors (Lipinski definition) is 0. The van der Waals surface area contributed by atoms with Crippen molar-refractivity contribution >= 4 is 35.0 Å². The quantitative estimate of drug-likeness (QED) is 0.0480. The van der Waals surface area contributed by atoms with Gasteiger partial charge in [-0.1, -0.05) is 147 Å². The van der Waals surface area contributed by atoms with Gasteiger partial charge in [0.15, 0.2) is 8.46 Å². The highest BCUT2D eigenvalue weighted by Gasteiger charge is 2.29. The van der Waals surface area contributed by atoms with E-state index in [1.807, 2.05) is 16.8 Å². The zero-order valence-corrected chi connectivity index (χ0v) is 40.9. The van der Waals surface area contributed by atoms with E-state index in [0.29, 0.717) is 18.9 Å². The first kappa shape index (κ1) is 48.8. The Morgan fingerprint density at radius 1 is 0.561 bits per heavy atom. The first-order valence-corrected chi connectivity index (χ1v) is 25.6. The van der Waals surface area contributed by atoms with Crippen LogP contribution in [0.3, 0.4) is 0 Å². The van der Waals surface area contributed by atoms with Gasteiger partial charge in [-0.25, -0.2) is 4.68 Å². The minimum absolute atomic E-state index is 0.0818. The number of anilines is 2. The van der Waals surface area contributed by atoms with E-state index >= 15 is 0 Å². The van der Waals surface area contributed by atoms with Crippen LogP contribution in [0.15, 0.2) is 97.1 Å². The van der Waals surface area contributed by atoms with E-state index in [-0.39, 0.29) is 14.4 Å². The average molecular weight is 929 g/mol. The third-order valence-electron chi connectivity index (χ3n) is 12.5. The Kier molecular flexibility index (Phi) is 19.0. The van der Waals surface area contributed by atoms with Crippen molar-refractivity contribution in [3.8, 4) is 45.0 Å². The topological polar surface area (TPSA) is 120 Å². The minimum atomic E-state index is -0.0818. The second-order valence-corrected chi connectivity index (χ2v) is 18.2. The van der Waals surface area contributed by atoms with Gasteiger partial charge >= 0.3 is 0 Å². The molecule has 0 bridgehead atoms. The standard InChI is InChI=1S/2C26H33N4O2P/c1-32-18-11-5-3-2-4-10-16-29-20-21-12-6-7-13-22(21)26-25(23-14-8-9-15-24(23)29)27-28-30(26)17-19-33-31;1-32-17-11-5-3-2-4-10-16-29-18-20-12-6-7-13-21(20)25-26(22-14-8-9-15-23(22)29)30(28-27-25)24(31)19-33/h6-9,12-15H,2-5,10-11,16-20H2,1H3;6-9,12-15H,2-5,10-11,16-19,33H2,1H3. The number of benzene rings is 4. The van der Waals surface area contributed by atoms with Crippen LogP contribution in [-0.2, 0) is 33.7 Å². The number of para-hydroxylation sites is 2. The zero-order chi connectivity index (χ0) is 45.9. The van der Waals surface area contributed by atoms with E-state index in [2.05, 4.69) is 125 Å². The van der Waals surface area contributed by atoms with E-state index in [0.717, 1.165) is 109 Å². The van der Waals surface area contributed by atoms with E-state index in [4.69, 9.17) is 9.47 Å². The van der Waals surface area contributed by atoms with Crippen LogP contribution < -0.4 is 9.80 Å². The van der Waals surface area contributed by atoms with Crippen molar-refractivity contribution in [2.45, 2.75) is 96.7 Å². The van der Waals surface area contributed by atoms with Gasteiger partial charge in [-0.15, -0.1) is 19.4 Å². The molecular formula is C52H66N8O4P2. The summed E-state index contributed by atoms with van der Waals surface area (Å²) in [5, 5.41) is 17.8. The van der Waals surface area contributed by atoms with Gasteiger partial charge in [0.05, 0.1) is 12.2 Å². The highest BCUT2D eigenvalue weighted by atomic mass is 31.1. The largest absolute Gasteiger partial charge is 0.385 e. The Labute approximate surface area is 394 Å². The molecule has 348 valence electrons. The number of aryl methyl sites for hydroxylation is 1. The third-order valence-corrected chi connectivity index (χ3v) is 13.3. The Morgan fingerprint density at radius 2 is 1.03 bits per heavy atom. The molecule has 1 unspecified atom stereocenters. The van der Waals surface area contributed by atoms with Crippen molar-refractivity contribution < 1.29 is 18.8 Å². The Morgan fingerprint density at radius 3 is 1.62 bits per heavy atom. The minimum Gasteiger partial charge on any atom is -0.385 e. The number of fused-ring (bicyclic) bond motifs is 10. The van der Waals surface area contributed by atoms with E-state index in [1.54, 1.807) is 14.2 Å². The highest BCUT2D eigenvalue weighted by molar-refractivity contribution is 7.23. The molecule has 0 saturated heterocycles. The predicted molar refractivity (Wildman–Crippen MR) is 271 cm³/mol. The normalized spacial score (nSPS) is 12.6. The number of hydrogen-bond acceptors (Lipinski definition) is 10. The number of rotatable bonds is 22.